The van der Waals surface area contributed by atoms with Crippen LogP contribution in [0.3, 0.4) is 0 Å². The van der Waals surface area contributed by atoms with Gasteiger partial charge in [0.05, 0.1) is 43.4 Å². The first-order chi connectivity index (χ1) is 33.1. The molecule has 0 bridgehead atoms. The number of carbonyl (C=O) groups is 1. The quantitative estimate of drug-likeness (QED) is 0.0373. The Kier molecular flexibility index (Phi) is 16.7. The topological polar surface area (TPSA) is 291 Å². The molecule has 0 spiro atoms. The lowest BCUT2D eigenvalue weighted by Gasteiger charge is -2.31. The van der Waals surface area contributed by atoms with E-state index in [1.165, 1.54) is 32.4 Å². The molecule has 4 aromatic rings. The molecule has 71 heavy (non-hydrogen) atoms. The number of ether oxygens (including phenoxy) is 2. The molecule has 2 aliphatic heterocycles. The second-order valence-electron chi connectivity index (χ2n) is 18.1. The van der Waals surface area contributed by atoms with Crippen molar-refractivity contribution < 1.29 is 75.8 Å². The third-order valence-corrected chi connectivity index (χ3v) is 16.3. The lowest BCUT2D eigenvalue weighted by molar-refractivity contribution is -0.438. The number of carboxylic acid groups (broad SMARTS) is 1. The highest BCUT2D eigenvalue weighted by atomic mass is 32.2. The van der Waals surface area contributed by atoms with Crippen molar-refractivity contribution in [2.45, 2.75) is 91.2 Å². The Labute approximate surface area is 414 Å². The minimum absolute atomic E-state index is 0.0247. The molecule has 6 rings (SSSR count). The first-order valence-electron chi connectivity index (χ1n) is 22.5. The van der Waals surface area contributed by atoms with E-state index in [2.05, 4.69) is 0 Å². The van der Waals surface area contributed by atoms with Gasteiger partial charge < -0.3 is 37.7 Å². The molecule has 0 saturated heterocycles. The molecule has 1 atom stereocenters. The van der Waals surface area contributed by atoms with Crippen LogP contribution in [0.25, 0.3) is 21.5 Å². The van der Waals surface area contributed by atoms with E-state index in [0.717, 1.165) is 6.07 Å². The molecule has 1 N–H and O–H groups in total. The van der Waals surface area contributed by atoms with Crippen molar-refractivity contribution in [2.24, 2.45) is 0 Å². The molecule has 384 valence electrons. The second-order valence-corrected chi connectivity index (χ2v) is 23.7. The number of hydrogen-bond acceptors (Lipinski definition) is 16. The van der Waals surface area contributed by atoms with E-state index in [1.54, 1.807) is 36.4 Å². The van der Waals surface area contributed by atoms with Crippen LogP contribution >= 0.6 is 0 Å². The first-order valence-corrected chi connectivity index (χ1v) is 28.3. The lowest BCUT2D eigenvalue weighted by atomic mass is 9.75. The van der Waals surface area contributed by atoms with Gasteiger partial charge in [-0.3, -0.25) is 4.79 Å². The fourth-order valence-corrected chi connectivity index (χ4v) is 12.3. The summed E-state index contributed by atoms with van der Waals surface area (Å²) < 4.78 is 160. The number of hydrogen-bond donors (Lipinski definition) is 1. The summed E-state index contributed by atoms with van der Waals surface area (Å²) in [6, 6.07) is 11.1. The van der Waals surface area contributed by atoms with Gasteiger partial charge in [-0.2, -0.15) is 4.58 Å². The Morgan fingerprint density at radius 1 is 0.704 bits per heavy atom. The molecular weight excluding hydrogens is 1000 g/mol. The lowest BCUT2D eigenvalue weighted by Crippen LogP contribution is -2.31. The highest BCUT2D eigenvalue weighted by molar-refractivity contribution is 7.87. The fraction of sp³-hybridized carbons (Fsp3) is 0.388. The van der Waals surface area contributed by atoms with Gasteiger partial charge in [-0.05, 0) is 123 Å². The number of allylic oxidation sites excluding steroid dienone is 8. The van der Waals surface area contributed by atoms with Crippen molar-refractivity contribution in [2.75, 3.05) is 51.2 Å². The van der Waals surface area contributed by atoms with Gasteiger partial charge in [0.25, 0.3) is 0 Å². The number of rotatable bonds is 23. The Morgan fingerprint density at radius 2 is 1.32 bits per heavy atom. The van der Waals surface area contributed by atoms with E-state index < -0.39 is 77.7 Å². The summed E-state index contributed by atoms with van der Waals surface area (Å²) >= 11 is 0. The van der Waals surface area contributed by atoms with Crippen LogP contribution in [0.15, 0.2) is 111 Å². The number of benzene rings is 4. The molecule has 0 fully saturated rings. The number of aliphatic carboxylic acids is 1. The molecule has 0 radical (unpaired) electrons. The highest BCUT2D eigenvalue weighted by Gasteiger charge is 2.46. The second kappa shape index (κ2) is 21.5. The van der Waals surface area contributed by atoms with Crippen LogP contribution in [0.1, 0.15) is 76.0 Å². The summed E-state index contributed by atoms with van der Waals surface area (Å²) in [5.74, 6) is -1.58. The third kappa shape index (κ3) is 12.2. The number of carboxylic acids is 1. The van der Waals surface area contributed by atoms with Gasteiger partial charge in [0.15, 0.2) is 5.71 Å². The molecule has 1 unspecified atom stereocenters. The van der Waals surface area contributed by atoms with Crippen molar-refractivity contribution in [3.8, 4) is 0 Å². The zero-order valence-electron chi connectivity index (χ0n) is 39.7. The van der Waals surface area contributed by atoms with E-state index in [-0.39, 0.29) is 43.2 Å². The number of nitrogens with zero attached hydrogens (tertiary/aromatic N) is 2. The molecular formula is C49H55N2O16S4-3. The van der Waals surface area contributed by atoms with E-state index in [0.29, 0.717) is 95.1 Å². The van der Waals surface area contributed by atoms with Gasteiger partial charge in [0, 0.05) is 79.3 Å². The smallest absolute Gasteiger partial charge is 0.303 e. The van der Waals surface area contributed by atoms with Crippen molar-refractivity contribution >= 4 is 85.1 Å². The van der Waals surface area contributed by atoms with E-state index in [1.807, 2.05) is 54.5 Å². The van der Waals surface area contributed by atoms with Crippen molar-refractivity contribution in [1.82, 2.24) is 0 Å². The average molecular weight is 1060 g/mol. The van der Waals surface area contributed by atoms with E-state index in [4.69, 9.17) is 9.47 Å². The molecule has 4 aromatic carbocycles. The van der Waals surface area contributed by atoms with Crippen molar-refractivity contribution in [3.63, 3.8) is 0 Å². The molecule has 0 aliphatic carbocycles. The predicted octanol–water partition coefficient (Wildman–Crippen LogP) is 6.22. The summed E-state index contributed by atoms with van der Waals surface area (Å²) in [6.07, 6.45) is 14.3. The Hall–Kier alpha value is -5.14. The van der Waals surface area contributed by atoms with Crippen LogP contribution in [0.2, 0.25) is 0 Å². The molecule has 0 aromatic heterocycles. The van der Waals surface area contributed by atoms with Gasteiger partial charge in [-0.15, -0.1) is 0 Å². The van der Waals surface area contributed by atoms with Gasteiger partial charge in [-0.25, -0.2) is 33.7 Å². The monoisotopic (exact) mass is 1060 g/mol. The summed E-state index contributed by atoms with van der Waals surface area (Å²) in [6.45, 7) is 6.73. The van der Waals surface area contributed by atoms with Gasteiger partial charge in [-0.1, -0.05) is 36.4 Å². The number of fused-ring (bicyclic) bond motifs is 6. The number of unbranched alkanes of at least 4 members (excludes halogenated alkanes) is 2. The Bertz CT molecular complexity index is 3380. The van der Waals surface area contributed by atoms with Crippen LogP contribution < -0.4 is 4.90 Å². The van der Waals surface area contributed by atoms with Gasteiger partial charge in [0.1, 0.15) is 36.9 Å². The normalized spacial score (nSPS) is 18.1. The minimum atomic E-state index is -5.24. The molecule has 22 heteroatoms. The van der Waals surface area contributed by atoms with Crippen LogP contribution in [-0.2, 0) is 72.0 Å². The van der Waals surface area contributed by atoms with Crippen LogP contribution in [-0.4, -0.2) is 120 Å². The van der Waals surface area contributed by atoms with Crippen molar-refractivity contribution in [3.05, 3.63) is 113 Å². The maximum Gasteiger partial charge on any atom is 0.303 e. The Morgan fingerprint density at radius 3 is 1.94 bits per heavy atom. The van der Waals surface area contributed by atoms with Crippen LogP contribution in [0, 0.1) is 0 Å². The largest absolute Gasteiger partial charge is 0.748 e. The first kappa shape index (κ1) is 55.2. The third-order valence-electron chi connectivity index (χ3n) is 13.0. The fourth-order valence-electron chi connectivity index (χ4n) is 9.89. The molecule has 2 heterocycles. The highest BCUT2D eigenvalue weighted by Crippen LogP contribution is 2.54. The van der Waals surface area contributed by atoms with Crippen LogP contribution in [0.5, 0.6) is 0 Å². The summed E-state index contributed by atoms with van der Waals surface area (Å²) in [7, 11) is -16.9. The standard InChI is InChI=1S/C49H58N2O16S4/c1-48(2)43(50(24-13-9-12-17-45(52)53)40-21-19-37-39(46(40)48)31-35(70(60,61)62)32-42(37)71(63,64)65)15-10-7-6-8-11-16-44-49(3,23-14-28-68(54,55)56)47-38-30-34(69(57,58)59)29-33(22-26-66-4)36(38)18-20-41(47)51(44)25-27-67-5/h6-8,10-11,15-16,18-21,29-32H,9,12-14,17,22-28H2,1-5H3,(H4-,52,53,54,55,56,57,58,59,60,61,62,63,64,65)/p-3. The summed E-state index contributed by atoms with van der Waals surface area (Å²) in [5, 5.41) is 10.4. The molecule has 2 aliphatic rings. The zero-order valence-corrected chi connectivity index (χ0v) is 43.0. The average Bonchev–Trinajstić information content (AvgIpc) is 3.64. The van der Waals surface area contributed by atoms with Gasteiger partial charge >= 0.3 is 5.97 Å². The molecule has 0 amide bonds. The minimum Gasteiger partial charge on any atom is -0.748 e. The molecule has 18 nitrogen and oxygen atoms in total. The van der Waals surface area contributed by atoms with E-state index in [9.17, 15) is 61.8 Å². The number of methoxy groups -OCH3 is 2. The maximum absolute atomic E-state index is 12.5. The Balaban J connectivity index is 1.42. The predicted molar refractivity (Wildman–Crippen MR) is 262 cm³/mol. The summed E-state index contributed by atoms with van der Waals surface area (Å²) in [5.41, 5.74) is 2.30. The zero-order chi connectivity index (χ0) is 52.3. The van der Waals surface area contributed by atoms with Crippen LogP contribution in [0.4, 0.5) is 11.4 Å². The van der Waals surface area contributed by atoms with E-state index >= 15 is 0 Å². The summed E-state index contributed by atoms with van der Waals surface area (Å²) in [4.78, 5) is 11.0. The molecule has 0 saturated carbocycles. The van der Waals surface area contributed by atoms with Crippen molar-refractivity contribution in [1.29, 1.82) is 0 Å². The maximum atomic E-state index is 12.5. The number of anilines is 1. The van der Waals surface area contributed by atoms with Gasteiger partial charge in [0.2, 0.25) is 5.69 Å². The SMILES string of the molecule is COCCc1cc(S(=O)(=O)[O-])cc2c3c(ccc12)N(CCOC)C(=CC=CC=CC=CC1=[N+](CCCCCC(=O)O)c2ccc4c(S(=O)(=O)[O-])cc(S(=O)(=O)[O-])cc4c2C1(C)C)C3(C)CCCS(=O)(=O)[O-].